The number of fused-ring (bicyclic) bond motifs is 3. The highest BCUT2D eigenvalue weighted by Gasteiger charge is 2.35. The topological polar surface area (TPSA) is 0 Å². The Labute approximate surface area is 96.9 Å². The zero-order valence-corrected chi connectivity index (χ0v) is 10.0. The number of aryl methyl sites for hydroxylation is 1. The van der Waals surface area contributed by atoms with Crippen molar-refractivity contribution in [1.82, 2.24) is 0 Å². The third-order valence-corrected chi connectivity index (χ3v) is 3.79. The van der Waals surface area contributed by atoms with Crippen LogP contribution in [0.3, 0.4) is 0 Å². The number of hydrogen-bond donors (Lipinski definition) is 0. The summed E-state index contributed by atoms with van der Waals surface area (Å²) in [6, 6.07) is 15.4. The van der Waals surface area contributed by atoms with E-state index < -0.39 is 0 Å². The van der Waals surface area contributed by atoms with Gasteiger partial charge >= 0.3 is 0 Å². The van der Waals surface area contributed by atoms with Crippen LogP contribution >= 0.6 is 0 Å². The smallest absolute Gasteiger partial charge is 0.0161 e. The van der Waals surface area contributed by atoms with Crippen LogP contribution in [0.4, 0.5) is 0 Å². The lowest BCUT2D eigenvalue weighted by molar-refractivity contribution is 0.655. The molecule has 1 aliphatic carbocycles. The predicted molar refractivity (Wildman–Crippen MR) is 68.7 cm³/mol. The molecule has 0 atom stereocenters. The summed E-state index contributed by atoms with van der Waals surface area (Å²) in [4.78, 5) is 0. The molecule has 0 spiro atoms. The Bertz CT molecular complexity index is 562. The van der Waals surface area contributed by atoms with Crippen LogP contribution in [0.5, 0.6) is 0 Å². The lowest BCUT2D eigenvalue weighted by atomic mass is 9.80. The van der Waals surface area contributed by atoms with Gasteiger partial charge < -0.3 is 0 Å². The van der Waals surface area contributed by atoms with Crippen LogP contribution in [0.1, 0.15) is 30.5 Å². The third-order valence-electron chi connectivity index (χ3n) is 3.79. The fourth-order valence-electron chi connectivity index (χ4n) is 3.12. The first-order chi connectivity index (χ1) is 7.62. The largest absolute Gasteiger partial charge is 0.0619 e. The summed E-state index contributed by atoms with van der Waals surface area (Å²) in [6.45, 7) is 6.86. The maximum Gasteiger partial charge on any atom is 0.0161 e. The minimum absolute atomic E-state index is 0.150. The molecule has 0 aliphatic heterocycles. The Hall–Kier alpha value is -1.56. The fourth-order valence-corrected chi connectivity index (χ4v) is 3.12. The molecular weight excluding hydrogens is 192 g/mol. The maximum atomic E-state index is 2.32. The van der Waals surface area contributed by atoms with E-state index in [1.165, 1.54) is 27.8 Å². The van der Waals surface area contributed by atoms with Gasteiger partial charge in [0.15, 0.2) is 0 Å². The van der Waals surface area contributed by atoms with E-state index in [4.69, 9.17) is 0 Å². The molecule has 0 saturated carbocycles. The van der Waals surface area contributed by atoms with Crippen molar-refractivity contribution in [1.29, 1.82) is 0 Å². The van der Waals surface area contributed by atoms with E-state index in [1.54, 1.807) is 0 Å². The first kappa shape index (κ1) is 9.65. The predicted octanol–water partition coefficient (Wildman–Crippen LogP) is 4.30. The lowest BCUT2D eigenvalue weighted by Crippen LogP contribution is -2.16. The van der Waals surface area contributed by atoms with Crippen LogP contribution in [0, 0.1) is 6.92 Å². The van der Waals surface area contributed by atoms with Crippen molar-refractivity contribution < 1.29 is 0 Å². The zero-order chi connectivity index (χ0) is 11.3. The molecule has 80 valence electrons. The highest BCUT2D eigenvalue weighted by Crippen LogP contribution is 2.49. The number of rotatable bonds is 0. The van der Waals surface area contributed by atoms with Gasteiger partial charge in [-0.3, -0.25) is 0 Å². The SMILES string of the molecule is Cc1cccc2c1C(C)(C)c1ccccc1-2. The summed E-state index contributed by atoms with van der Waals surface area (Å²) < 4.78 is 0. The van der Waals surface area contributed by atoms with Crippen molar-refractivity contribution in [2.45, 2.75) is 26.2 Å². The summed E-state index contributed by atoms with van der Waals surface area (Å²) in [6.07, 6.45) is 0. The molecule has 0 fully saturated rings. The number of hydrogen-bond acceptors (Lipinski definition) is 0. The molecule has 0 heteroatoms. The molecule has 0 bridgehead atoms. The van der Waals surface area contributed by atoms with Crippen molar-refractivity contribution in [3.63, 3.8) is 0 Å². The number of benzene rings is 2. The van der Waals surface area contributed by atoms with E-state index in [-0.39, 0.29) is 5.41 Å². The van der Waals surface area contributed by atoms with Gasteiger partial charge in [0.2, 0.25) is 0 Å². The van der Waals surface area contributed by atoms with Crippen LogP contribution in [-0.4, -0.2) is 0 Å². The first-order valence-electron chi connectivity index (χ1n) is 5.82. The molecule has 2 aromatic rings. The quantitative estimate of drug-likeness (QED) is 0.605. The van der Waals surface area contributed by atoms with Crippen LogP contribution in [-0.2, 0) is 5.41 Å². The standard InChI is InChI=1S/C16H16/c1-11-7-6-9-13-12-8-4-5-10-14(12)16(2,3)15(11)13/h4-10H,1-3H3. The summed E-state index contributed by atoms with van der Waals surface area (Å²) in [7, 11) is 0. The molecule has 0 aromatic heterocycles. The Morgan fingerprint density at radius 1 is 0.812 bits per heavy atom. The normalized spacial score (nSPS) is 15.7. The Morgan fingerprint density at radius 3 is 2.31 bits per heavy atom. The summed E-state index contributed by atoms with van der Waals surface area (Å²) in [5.74, 6) is 0. The second-order valence-electron chi connectivity index (χ2n) is 5.17. The van der Waals surface area contributed by atoms with E-state index in [9.17, 15) is 0 Å². The Balaban J connectivity index is 2.44. The average Bonchev–Trinajstić information content (AvgIpc) is 2.50. The molecule has 2 aromatic carbocycles. The fraction of sp³-hybridized carbons (Fsp3) is 0.250. The Kier molecular flexibility index (Phi) is 1.79. The van der Waals surface area contributed by atoms with Gasteiger partial charge in [-0.2, -0.15) is 0 Å². The zero-order valence-electron chi connectivity index (χ0n) is 10.0. The molecule has 0 heterocycles. The van der Waals surface area contributed by atoms with Gasteiger partial charge in [0, 0.05) is 5.41 Å². The van der Waals surface area contributed by atoms with Crippen LogP contribution in [0.15, 0.2) is 42.5 Å². The van der Waals surface area contributed by atoms with Crippen LogP contribution < -0.4 is 0 Å². The molecule has 0 nitrogen and oxygen atoms in total. The van der Waals surface area contributed by atoms with Crippen molar-refractivity contribution in [2.75, 3.05) is 0 Å². The molecule has 16 heavy (non-hydrogen) atoms. The molecule has 0 amide bonds. The van der Waals surface area contributed by atoms with E-state index in [0.29, 0.717) is 0 Å². The van der Waals surface area contributed by atoms with Gasteiger partial charge in [0.05, 0.1) is 0 Å². The monoisotopic (exact) mass is 208 g/mol. The lowest BCUT2D eigenvalue weighted by Gasteiger charge is -2.23. The summed E-state index contributed by atoms with van der Waals surface area (Å²) in [5, 5.41) is 0. The minimum Gasteiger partial charge on any atom is -0.0619 e. The average molecular weight is 208 g/mol. The van der Waals surface area contributed by atoms with Crippen molar-refractivity contribution in [2.24, 2.45) is 0 Å². The molecule has 0 saturated heterocycles. The summed E-state index contributed by atoms with van der Waals surface area (Å²) in [5.41, 5.74) is 7.33. The highest BCUT2D eigenvalue weighted by molar-refractivity contribution is 5.81. The molecule has 0 unspecified atom stereocenters. The molecule has 0 N–H and O–H groups in total. The minimum atomic E-state index is 0.150. The van der Waals surface area contributed by atoms with E-state index in [1.807, 2.05) is 0 Å². The Morgan fingerprint density at radius 2 is 1.50 bits per heavy atom. The van der Waals surface area contributed by atoms with Crippen LogP contribution in [0.2, 0.25) is 0 Å². The van der Waals surface area contributed by atoms with Gasteiger partial charge in [0.25, 0.3) is 0 Å². The van der Waals surface area contributed by atoms with Gasteiger partial charge in [-0.1, -0.05) is 56.3 Å². The molecule has 1 aliphatic rings. The maximum absolute atomic E-state index is 2.32. The van der Waals surface area contributed by atoms with Crippen LogP contribution in [0.25, 0.3) is 11.1 Å². The highest BCUT2D eigenvalue weighted by atomic mass is 14.4. The second kappa shape index (κ2) is 2.98. The van der Waals surface area contributed by atoms with Gasteiger partial charge in [0.1, 0.15) is 0 Å². The van der Waals surface area contributed by atoms with E-state index in [0.717, 1.165) is 0 Å². The first-order valence-corrected chi connectivity index (χ1v) is 5.82. The van der Waals surface area contributed by atoms with Crippen molar-refractivity contribution >= 4 is 0 Å². The van der Waals surface area contributed by atoms with Gasteiger partial charge in [-0.15, -0.1) is 0 Å². The molecule has 0 radical (unpaired) electrons. The second-order valence-corrected chi connectivity index (χ2v) is 5.17. The molecular formula is C16H16. The van der Waals surface area contributed by atoms with Gasteiger partial charge in [-0.05, 0) is 34.7 Å². The summed E-state index contributed by atoms with van der Waals surface area (Å²) >= 11 is 0. The van der Waals surface area contributed by atoms with Crippen molar-refractivity contribution in [3.05, 3.63) is 59.2 Å². The van der Waals surface area contributed by atoms with Crippen molar-refractivity contribution in [3.8, 4) is 11.1 Å². The van der Waals surface area contributed by atoms with Gasteiger partial charge in [-0.25, -0.2) is 0 Å². The third kappa shape index (κ3) is 1.05. The molecule has 3 rings (SSSR count). The van der Waals surface area contributed by atoms with E-state index in [2.05, 4.69) is 63.2 Å². The van der Waals surface area contributed by atoms with E-state index >= 15 is 0 Å².